The average Bonchev–Trinajstić information content (AvgIpc) is 2.90. The highest BCUT2D eigenvalue weighted by atomic mass is 32.1. The second-order valence-electron chi connectivity index (χ2n) is 5.06. The summed E-state index contributed by atoms with van der Waals surface area (Å²) in [6, 6.07) is 3.65. The Bertz CT molecular complexity index is 817. The highest BCUT2D eigenvalue weighted by molar-refractivity contribution is 7.73. The Morgan fingerprint density at radius 1 is 1.29 bits per heavy atom. The summed E-state index contributed by atoms with van der Waals surface area (Å²) in [5.41, 5.74) is 2.14. The van der Waals surface area contributed by atoms with Crippen molar-refractivity contribution in [3.63, 3.8) is 0 Å². The van der Waals surface area contributed by atoms with Crippen molar-refractivity contribution in [1.82, 2.24) is 4.98 Å². The van der Waals surface area contributed by atoms with Crippen LogP contribution in [0.4, 0.5) is 0 Å². The van der Waals surface area contributed by atoms with Crippen LogP contribution in [0, 0.1) is 3.95 Å². The fraction of sp³-hybridized carbons (Fsp3) is 0.167. The molecule has 0 aliphatic carbocycles. The molecule has 0 saturated heterocycles. The van der Waals surface area contributed by atoms with Gasteiger partial charge in [-0.3, -0.25) is 0 Å². The van der Waals surface area contributed by atoms with Crippen LogP contribution in [0.25, 0.3) is 18.2 Å². The van der Waals surface area contributed by atoms with E-state index in [9.17, 15) is 10.2 Å². The number of nitrogens with one attached hydrogen (secondary N) is 1. The molecule has 0 aliphatic heterocycles. The molecule has 3 N–H and O–H groups in total. The number of hydrogen-bond acceptors (Lipinski definition) is 5. The van der Waals surface area contributed by atoms with E-state index < -0.39 is 0 Å². The lowest BCUT2D eigenvalue weighted by Gasteiger charge is -2.09. The first-order chi connectivity index (χ1) is 11.5. The van der Waals surface area contributed by atoms with E-state index >= 15 is 0 Å². The SMILES string of the molecule is C=Cc1cc(C=C(CCc2sc(=S)[nH]c2O)OC)cc(C=C)c1O. The van der Waals surface area contributed by atoms with Crippen LogP contribution in [0.5, 0.6) is 11.6 Å². The van der Waals surface area contributed by atoms with Crippen LogP contribution in [-0.2, 0) is 11.2 Å². The number of methoxy groups -OCH3 is 1. The Kier molecular flexibility index (Phi) is 6.00. The van der Waals surface area contributed by atoms with Gasteiger partial charge in [-0.1, -0.05) is 25.3 Å². The zero-order valence-corrected chi connectivity index (χ0v) is 15.0. The smallest absolute Gasteiger partial charge is 0.203 e. The van der Waals surface area contributed by atoms with Gasteiger partial charge in [0.2, 0.25) is 5.88 Å². The number of aromatic nitrogens is 1. The van der Waals surface area contributed by atoms with Crippen LogP contribution in [0.15, 0.2) is 31.0 Å². The summed E-state index contributed by atoms with van der Waals surface area (Å²) in [5, 5.41) is 19.8. The highest BCUT2D eigenvalue weighted by Crippen LogP contribution is 2.29. The largest absolute Gasteiger partial charge is 0.507 e. The zero-order valence-electron chi connectivity index (χ0n) is 13.3. The van der Waals surface area contributed by atoms with E-state index in [1.54, 1.807) is 19.3 Å². The van der Waals surface area contributed by atoms with Crippen LogP contribution >= 0.6 is 23.6 Å². The van der Waals surface area contributed by atoms with Crippen molar-refractivity contribution in [2.24, 2.45) is 0 Å². The summed E-state index contributed by atoms with van der Waals surface area (Å²) < 4.78 is 5.98. The molecule has 0 atom stereocenters. The maximum atomic E-state index is 10.1. The Morgan fingerprint density at radius 3 is 2.38 bits per heavy atom. The molecule has 0 bridgehead atoms. The monoisotopic (exact) mass is 361 g/mol. The number of hydrogen-bond donors (Lipinski definition) is 3. The van der Waals surface area contributed by atoms with Crippen LogP contribution in [-0.4, -0.2) is 22.3 Å². The van der Waals surface area contributed by atoms with E-state index in [-0.39, 0.29) is 11.6 Å². The van der Waals surface area contributed by atoms with E-state index in [0.717, 1.165) is 16.2 Å². The van der Waals surface area contributed by atoms with E-state index in [0.29, 0.717) is 27.9 Å². The lowest BCUT2D eigenvalue weighted by molar-refractivity contribution is 0.281. The van der Waals surface area contributed by atoms with Crippen molar-refractivity contribution in [3.05, 3.63) is 56.6 Å². The second kappa shape index (κ2) is 7.99. The van der Waals surface area contributed by atoms with Gasteiger partial charge in [-0.2, -0.15) is 0 Å². The van der Waals surface area contributed by atoms with Gasteiger partial charge in [0.1, 0.15) is 5.75 Å². The molecule has 1 aromatic carbocycles. The minimum absolute atomic E-state index is 0.118. The van der Waals surface area contributed by atoms with Gasteiger partial charge in [0.25, 0.3) is 0 Å². The molecule has 4 nitrogen and oxygen atoms in total. The summed E-state index contributed by atoms with van der Waals surface area (Å²) in [4.78, 5) is 3.51. The molecule has 1 aromatic heterocycles. The third-order valence-corrected chi connectivity index (χ3v) is 4.80. The molecule has 0 saturated carbocycles. The number of ether oxygens (including phenoxy) is 1. The fourth-order valence-electron chi connectivity index (χ4n) is 2.28. The molecule has 0 radical (unpaired) electrons. The number of phenolic OH excluding ortho intramolecular Hbond substituents is 1. The Hall–Kier alpha value is -2.31. The Morgan fingerprint density at radius 2 is 1.92 bits per heavy atom. The van der Waals surface area contributed by atoms with Gasteiger partial charge in [-0.05, 0) is 42.4 Å². The van der Waals surface area contributed by atoms with Gasteiger partial charge < -0.3 is 19.9 Å². The van der Waals surface area contributed by atoms with Crippen LogP contribution in [0.1, 0.15) is 28.0 Å². The van der Waals surface area contributed by atoms with E-state index in [4.69, 9.17) is 17.0 Å². The summed E-state index contributed by atoms with van der Waals surface area (Å²) >= 11 is 6.37. The van der Waals surface area contributed by atoms with Crippen molar-refractivity contribution in [2.75, 3.05) is 7.11 Å². The van der Waals surface area contributed by atoms with E-state index in [2.05, 4.69) is 18.1 Å². The quantitative estimate of drug-likeness (QED) is 0.473. The molecular formula is C18H19NO3S2. The van der Waals surface area contributed by atoms with Crippen molar-refractivity contribution < 1.29 is 14.9 Å². The predicted molar refractivity (Wildman–Crippen MR) is 103 cm³/mol. The van der Waals surface area contributed by atoms with Crippen molar-refractivity contribution in [2.45, 2.75) is 12.8 Å². The molecule has 24 heavy (non-hydrogen) atoms. The summed E-state index contributed by atoms with van der Waals surface area (Å²) in [6.45, 7) is 7.42. The second-order valence-corrected chi connectivity index (χ2v) is 6.83. The minimum Gasteiger partial charge on any atom is -0.507 e. The number of aromatic hydroxyl groups is 2. The molecule has 126 valence electrons. The molecule has 1 heterocycles. The number of thiazole rings is 1. The molecular weight excluding hydrogens is 342 g/mol. The molecule has 2 aromatic rings. The van der Waals surface area contributed by atoms with Gasteiger partial charge in [0.15, 0.2) is 3.95 Å². The number of allylic oxidation sites excluding steroid dienone is 1. The zero-order chi connectivity index (χ0) is 17.7. The van der Waals surface area contributed by atoms with Gasteiger partial charge in [-0.15, -0.1) is 11.3 Å². The first-order valence-corrected chi connectivity index (χ1v) is 8.48. The predicted octanol–water partition coefficient (Wildman–Crippen LogP) is 5.12. The first kappa shape index (κ1) is 18.0. The fourth-order valence-corrected chi connectivity index (χ4v) is 3.40. The number of benzene rings is 1. The van der Waals surface area contributed by atoms with Gasteiger partial charge in [0.05, 0.1) is 17.7 Å². The Labute approximate surface area is 150 Å². The molecule has 0 amide bonds. The Balaban J connectivity index is 2.26. The van der Waals surface area contributed by atoms with E-state index in [1.807, 2.05) is 18.2 Å². The third-order valence-electron chi connectivity index (χ3n) is 3.52. The number of H-pyrrole nitrogens is 1. The van der Waals surface area contributed by atoms with Gasteiger partial charge in [0, 0.05) is 17.5 Å². The summed E-state index contributed by atoms with van der Waals surface area (Å²) in [5.74, 6) is 1.03. The van der Waals surface area contributed by atoms with Crippen LogP contribution in [0.2, 0.25) is 0 Å². The third kappa shape index (κ3) is 4.15. The topological polar surface area (TPSA) is 65.5 Å². The van der Waals surface area contributed by atoms with Gasteiger partial charge in [-0.25, -0.2) is 0 Å². The molecule has 0 fully saturated rings. The summed E-state index contributed by atoms with van der Waals surface area (Å²) in [7, 11) is 1.61. The number of phenols is 1. The van der Waals surface area contributed by atoms with Crippen molar-refractivity contribution in [3.8, 4) is 11.6 Å². The molecule has 2 rings (SSSR count). The van der Waals surface area contributed by atoms with Crippen molar-refractivity contribution in [1.29, 1.82) is 0 Å². The van der Waals surface area contributed by atoms with Crippen LogP contribution in [0.3, 0.4) is 0 Å². The van der Waals surface area contributed by atoms with Crippen molar-refractivity contribution >= 4 is 41.8 Å². The lowest BCUT2D eigenvalue weighted by atomic mass is 10.0. The number of aryl methyl sites for hydroxylation is 1. The maximum Gasteiger partial charge on any atom is 0.203 e. The number of rotatable bonds is 7. The first-order valence-electron chi connectivity index (χ1n) is 7.25. The lowest BCUT2D eigenvalue weighted by Crippen LogP contribution is -1.92. The molecule has 0 spiro atoms. The summed E-state index contributed by atoms with van der Waals surface area (Å²) in [6.07, 6.45) is 6.31. The van der Waals surface area contributed by atoms with Crippen LogP contribution < -0.4 is 0 Å². The molecule has 0 aliphatic rings. The van der Waals surface area contributed by atoms with E-state index in [1.165, 1.54) is 11.3 Å². The van der Waals surface area contributed by atoms with Gasteiger partial charge >= 0.3 is 0 Å². The standard InChI is InChI=1S/C18H19NO3S2/c1-4-12-8-11(9-13(5-2)16(12)20)10-14(22-3)6-7-15-17(21)19-18(23)24-15/h4-5,8-10,20-21H,1-2,6-7H2,3H3,(H,19,23). The number of aromatic amines is 1. The normalized spacial score (nSPS) is 11.3. The maximum absolute atomic E-state index is 10.1. The highest BCUT2D eigenvalue weighted by Gasteiger charge is 2.09. The average molecular weight is 361 g/mol. The molecule has 0 unspecified atom stereocenters. The molecule has 6 heteroatoms. The minimum atomic E-state index is 0.118.